The van der Waals surface area contributed by atoms with Crippen LogP contribution in [-0.2, 0) is 8.85 Å². The molecule has 100 valence electrons. The number of hydrogen-bond acceptors (Lipinski definition) is 2. The van der Waals surface area contributed by atoms with Crippen LogP contribution < -0.4 is 5.19 Å². The van der Waals surface area contributed by atoms with E-state index in [1.165, 1.54) is 30.9 Å². The van der Waals surface area contributed by atoms with Gasteiger partial charge in [0.05, 0.1) is 0 Å². The molecule has 18 heavy (non-hydrogen) atoms. The average Bonchev–Trinajstić information content (AvgIpc) is 2.94. The SMILES string of the molecule is CCO[Si](OCC)(c1ccccc1)C1CCCC1. The summed E-state index contributed by atoms with van der Waals surface area (Å²) in [6.07, 6.45) is 5.18. The van der Waals surface area contributed by atoms with Crippen molar-refractivity contribution < 1.29 is 8.85 Å². The van der Waals surface area contributed by atoms with Gasteiger partial charge in [-0.1, -0.05) is 43.2 Å². The highest BCUT2D eigenvalue weighted by Gasteiger charge is 2.48. The minimum atomic E-state index is -2.24. The van der Waals surface area contributed by atoms with Crippen LogP contribution in [0.1, 0.15) is 39.5 Å². The van der Waals surface area contributed by atoms with Crippen molar-refractivity contribution in [2.45, 2.75) is 45.1 Å². The molecule has 0 aliphatic heterocycles. The molecule has 1 fully saturated rings. The number of rotatable bonds is 6. The summed E-state index contributed by atoms with van der Waals surface area (Å²) in [5.41, 5.74) is 0.625. The highest BCUT2D eigenvalue weighted by Crippen LogP contribution is 2.39. The van der Waals surface area contributed by atoms with Gasteiger partial charge >= 0.3 is 8.56 Å². The van der Waals surface area contributed by atoms with Crippen molar-refractivity contribution in [1.29, 1.82) is 0 Å². The first-order chi connectivity index (χ1) is 8.83. The fourth-order valence-electron chi connectivity index (χ4n) is 3.08. The minimum Gasteiger partial charge on any atom is -0.391 e. The van der Waals surface area contributed by atoms with Crippen LogP contribution in [0.25, 0.3) is 0 Å². The quantitative estimate of drug-likeness (QED) is 0.734. The van der Waals surface area contributed by atoms with Gasteiger partial charge in [-0.05, 0) is 31.9 Å². The molecule has 1 aromatic carbocycles. The molecule has 0 atom stereocenters. The van der Waals surface area contributed by atoms with Gasteiger partial charge in [-0.3, -0.25) is 0 Å². The maximum Gasteiger partial charge on any atom is 0.375 e. The fourth-order valence-corrected chi connectivity index (χ4v) is 7.13. The van der Waals surface area contributed by atoms with Crippen molar-refractivity contribution >= 4 is 13.7 Å². The van der Waals surface area contributed by atoms with E-state index in [4.69, 9.17) is 8.85 Å². The van der Waals surface area contributed by atoms with Gasteiger partial charge in [0.15, 0.2) is 0 Å². The van der Waals surface area contributed by atoms with Crippen LogP contribution in [0.5, 0.6) is 0 Å². The van der Waals surface area contributed by atoms with Crippen molar-refractivity contribution in [3.63, 3.8) is 0 Å². The van der Waals surface area contributed by atoms with E-state index < -0.39 is 8.56 Å². The first kappa shape index (κ1) is 13.8. The lowest BCUT2D eigenvalue weighted by Crippen LogP contribution is -2.57. The Morgan fingerprint density at radius 1 is 1.00 bits per heavy atom. The van der Waals surface area contributed by atoms with Crippen LogP contribution in [0, 0.1) is 0 Å². The van der Waals surface area contributed by atoms with Gasteiger partial charge < -0.3 is 8.85 Å². The van der Waals surface area contributed by atoms with Crippen LogP contribution in [-0.4, -0.2) is 21.8 Å². The lowest BCUT2D eigenvalue weighted by atomic mass is 10.4. The lowest BCUT2D eigenvalue weighted by Gasteiger charge is -2.35. The van der Waals surface area contributed by atoms with Gasteiger partial charge in [-0.25, -0.2) is 0 Å². The summed E-state index contributed by atoms with van der Waals surface area (Å²) in [4.78, 5) is 0. The highest BCUT2D eigenvalue weighted by molar-refractivity contribution is 6.82. The molecular formula is C15H24O2Si. The van der Waals surface area contributed by atoms with Gasteiger partial charge in [-0.2, -0.15) is 0 Å². The Morgan fingerprint density at radius 2 is 1.56 bits per heavy atom. The molecule has 0 amide bonds. The number of benzene rings is 1. The van der Waals surface area contributed by atoms with Gasteiger partial charge in [0.25, 0.3) is 0 Å². The van der Waals surface area contributed by atoms with Gasteiger partial charge in [0, 0.05) is 18.8 Å². The third kappa shape index (κ3) is 2.68. The van der Waals surface area contributed by atoms with Crippen molar-refractivity contribution in [2.24, 2.45) is 0 Å². The van der Waals surface area contributed by atoms with Crippen molar-refractivity contribution in [3.8, 4) is 0 Å². The van der Waals surface area contributed by atoms with E-state index in [2.05, 4.69) is 44.2 Å². The van der Waals surface area contributed by atoms with E-state index >= 15 is 0 Å². The molecule has 2 rings (SSSR count). The Morgan fingerprint density at radius 3 is 2.06 bits per heavy atom. The summed E-state index contributed by atoms with van der Waals surface area (Å²) in [6, 6.07) is 10.6. The molecule has 0 radical (unpaired) electrons. The van der Waals surface area contributed by atoms with Crippen molar-refractivity contribution in [2.75, 3.05) is 13.2 Å². The molecule has 3 heteroatoms. The second-order valence-electron chi connectivity index (χ2n) is 4.88. The summed E-state index contributed by atoms with van der Waals surface area (Å²) in [5.74, 6) is 0. The zero-order chi connectivity index (χ0) is 12.8. The van der Waals surface area contributed by atoms with Crippen molar-refractivity contribution in [3.05, 3.63) is 30.3 Å². The van der Waals surface area contributed by atoms with E-state index in [9.17, 15) is 0 Å². The standard InChI is InChI=1S/C15H24O2Si/c1-3-16-18(17-4-2,15-12-8-9-13-15)14-10-6-5-7-11-14/h5-7,10-11,15H,3-4,8-9,12-13H2,1-2H3. The Kier molecular flexibility index (Phi) is 4.98. The van der Waals surface area contributed by atoms with Crippen LogP contribution in [0.15, 0.2) is 30.3 Å². The van der Waals surface area contributed by atoms with E-state index in [0.717, 1.165) is 13.2 Å². The third-order valence-corrected chi connectivity index (χ3v) is 8.01. The van der Waals surface area contributed by atoms with Crippen LogP contribution in [0.2, 0.25) is 5.54 Å². The third-order valence-electron chi connectivity index (χ3n) is 3.79. The molecule has 1 aliphatic rings. The summed E-state index contributed by atoms with van der Waals surface area (Å²) >= 11 is 0. The first-order valence-electron chi connectivity index (χ1n) is 7.17. The molecule has 1 aromatic rings. The highest BCUT2D eigenvalue weighted by atomic mass is 28.4. The largest absolute Gasteiger partial charge is 0.391 e. The predicted octanol–water partition coefficient (Wildman–Crippen LogP) is 3.35. The molecule has 0 spiro atoms. The summed E-state index contributed by atoms with van der Waals surface area (Å²) in [7, 11) is -2.24. The lowest BCUT2D eigenvalue weighted by molar-refractivity contribution is 0.185. The number of hydrogen-bond donors (Lipinski definition) is 0. The fraction of sp³-hybridized carbons (Fsp3) is 0.600. The first-order valence-corrected chi connectivity index (χ1v) is 9.06. The predicted molar refractivity (Wildman–Crippen MR) is 77.3 cm³/mol. The van der Waals surface area contributed by atoms with Crippen LogP contribution in [0.3, 0.4) is 0 Å². The second kappa shape index (κ2) is 6.50. The Labute approximate surface area is 112 Å². The minimum absolute atomic E-state index is 0.625. The molecule has 1 aliphatic carbocycles. The van der Waals surface area contributed by atoms with E-state index in [1.807, 2.05) is 0 Å². The molecule has 0 aromatic heterocycles. The molecule has 0 heterocycles. The van der Waals surface area contributed by atoms with Gasteiger partial charge in [-0.15, -0.1) is 0 Å². The molecule has 0 unspecified atom stereocenters. The maximum absolute atomic E-state index is 6.26. The van der Waals surface area contributed by atoms with Crippen molar-refractivity contribution in [1.82, 2.24) is 0 Å². The zero-order valence-corrected chi connectivity index (χ0v) is 12.5. The Bertz CT molecular complexity index is 341. The topological polar surface area (TPSA) is 18.5 Å². The summed E-state index contributed by atoms with van der Waals surface area (Å²) < 4.78 is 12.5. The molecule has 2 nitrogen and oxygen atoms in total. The van der Waals surface area contributed by atoms with E-state index in [-0.39, 0.29) is 0 Å². The van der Waals surface area contributed by atoms with E-state index in [0.29, 0.717) is 5.54 Å². The van der Waals surface area contributed by atoms with Gasteiger partial charge in [0.2, 0.25) is 0 Å². The smallest absolute Gasteiger partial charge is 0.375 e. The summed E-state index contributed by atoms with van der Waals surface area (Å²) in [6.45, 7) is 5.66. The van der Waals surface area contributed by atoms with Gasteiger partial charge in [0.1, 0.15) is 0 Å². The summed E-state index contributed by atoms with van der Waals surface area (Å²) in [5, 5.41) is 1.31. The van der Waals surface area contributed by atoms with Crippen LogP contribution in [0.4, 0.5) is 0 Å². The molecule has 0 saturated heterocycles. The zero-order valence-electron chi connectivity index (χ0n) is 11.5. The second-order valence-corrected chi connectivity index (χ2v) is 8.19. The maximum atomic E-state index is 6.26. The van der Waals surface area contributed by atoms with Crippen LogP contribution >= 0.6 is 0 Å². The normalized spacial score (nSPS) is 17.2. The monoisotopic (exact) mass is 264 g/mol. The molecule has 0 bridgehead atoms. The Hall–Kier alpha value is -0.643. The average molecular weight is 264 g/mol. The molecular weight excluding hydrogens is 240 g/mol. The molecule has 0 N–H and O–H groups in total. The Balaban J connectivity index is 2.35. The molecule has 1 saturated carbocycles. The van der Waals surface area contributed by atoms with E-state index in [1.54, 1.807) is 0 Å².